The maximum atomic E-state index is 12.8. The van der Waals surface area contributed by atoms with Gasteiger partial charge in [-0.1, -0.05) is 0 Å². The monoisotopic (exact) mass is 375 g/mol. The van der Waals surface area contributed by atoms with Crippen molar-refractivity contribution in [2.75, 3.05) is 12.3 Å². The van der Waals surface area contributed by atoms with Crippen LogP contribution in [-0.4, -0.2) is 44.7 Å². The van der Waals surface area contributed by atoms with Crippen molar-refractivity contribution in [1.82, 2.24) is 19.7 Å². The molecule has 0 saturated carbocycles. The summed E-state index contributed by atoms with van der Waals surface area (Å²) in [4.78, 5) is 19.2. The molecule has 1 fully saturated rings. The van der Waals surface area contributed by atoms with Gasteiger partial charge in [0.25, 0.3) is 5.82 Å². The molecule has 27 heavy (non-hydrogen) atoms. The summed E-state index contributed by atoms with van der Waals surface area (Å²) < 4.78 is 9.58. The molecule has 8 heteroatoms. The van der Waals surface area contributed by atoms with E-state index in [1.807, 2.05) is 69.9 Å². The van der Waals surface area contributed by atoms with Crippen LogP contribution in [-0.2, 0) is 4.74 Å². The van der Waals surface area contributed by atoms with Crippen molar-refractivity contribution < 1.29 is 14.2 Å². The summed E-state index contributed by atoms with van der Waals surface area (Å²) in [7, 11) is 0. The molecule has 0 aliphatic carbocycles. The lowest BCUT2D eigenvalue weighted by Crippen LogP contribution is -2.69. The van der Waals surface area contributed by atoms with Crippen molar-refractivity contribution in [2.45, 2.75) is 72.3 Å². The molecule has 3 rings (SSSR count). The lowest BCUT2D eigenvalue weighted by molar-refractivity contribution is -0.783. The van der Waals surface area contributed by atoms with Gasteiger partial charge in [-0.25, -0.2) is 9.78 Å². The van der Waals surface area contributed by atoms with E-state index in [0.717, 1.165) is 16.9 Å². The molecule has 1 aliphatic heterocycles. The molecule has 0 aromatic carbocycles. The van der Waals surface area contributed by atoms with E-state index in [9.17, 15) is 4.79 Å². The number of anilines is 1. The van der Waals surface area contributed by atoms with Crippen LogP contribution in [0.5, 0.6) is 0 Å². The molecular formula is C19H31N6O2+. The van der Waals surface area contributed by atoms with Gasteiger partial charge >= 0.3 is 6.09 Å². The summed E-state index contributed by atoms with van der Waals surface area (Å²) >= 11 is 0. The van der Waals surface area contributed by atoms with Crippen LogP contribution in [0.1, 0.15) is 52.0 Å². The van der Waals surface area contributed by atoms with Crippen LogP contribution in [0.15, 0.2) is 12.3 Å². The van der Waals surface area contributed by atoms with Crippen LogP contribution in [0.3, 0.4) is 0 Å². The third-order valence-electron chi connectivity index (χ3n) is 4.88. The van der Waals surface area contributed by atoms with E-state index in [0.29, 0.717) is 12.4 Å². The second-order valence-corrected chi connectivity index (χ2v) is 8.48. The Morgan fingerprint density at radius 1 is 1.37 bits per heavy atom. The summed E-state index contributed by atoms with van der Waals surface area (Å²) in [5, 5.41) is 3.53. The van der Waals surface area contributed by atoms with E-state index in [-0.39, 0.29) is 24.3 Å². The lowest BCUT2D eigenvalue weighted by atomic mass is 10.1. The smallest absolute Gasteiger partial charge is 0.411 e. The number of nitrogens with two attached hydrogens (primary N) is 1. The van der Waals surface area contributed by atoms with Crippen molar-refractivity contribution in [3.63, 3.8) is 0 Å². The Balaban J connectivity index is 2.03. The van der Waals surface area contributed by atoms with Crippen molar-refractivity contribution >= 4 is 17.6 Å². The number of nitrogen functional groups attached to an aromatic ring is 1. The maximum absolute atomic E-state index is 12.8. The van der Waals surface area contributed by atoms with Crippen LogP contribution in [0.25, 0.3) is 5.65 Å². The van der Waals surface area contributed by atoms with Gasteiger partial charge in [-0.15, -0.1) is 4.68 Å². The van der Waals surface area contributed by atoms with Gasteiger partial charge in [-0.3, -0.25) is 16.0 Å². The summed E-state index contributed by atoms with van der Waals surface area (Å²) in [5.41, 5.74) is 8.63. The zero-order valence-corrected chi connectivity index (χ0v) is 17.3. The highest BCUT2D eigenvalue weighted by atomic mass is 16.6. The second kappa shape index (κ2) is 6.67. The number of imidazole rings is 1. The number of carbonyl (C=O) groups is 1. The Morgan fingerprint density at radius 2 is 2.04 bits per heavy atom. The molecule has 148 valence electrons. The number of hydrogen-bond acceptors (Lipinski definition) is 5. The topological polar surface area (TPSA) is 88.8 Å². The fourth-order valence-corrected chi connectivity index (χ4v) is 3.76. The number of fused-ring (bicyclic) bond motifs is 1. The largest absolute Gasteiger partial charge is 0.444 e. The highest BCUT2D eigenvalue weighted by Gasteiger charge is 2.42. The Hall–Kier alpha value is -2.35. The standard InChI is InChI=1S/C19H30N6O2/c1-11-8-15(20)25(23-10-12(2)22-16(11)23)17-14(4)24(13(3)9-21-17)18(26)27-19(5,6)7/h8,10,13-14,17,20-21H,9H2,1-7H3/p+1/t13-,14+,17?/m1/s1. The normalized spacial score (nSPS) is 23.7. The zero-order chi connectivity index (χ0) is 20.1. The van der Waals surface area contributed by atoms with Gasteiger partial charge < -0.3 is 4.74 Å². The number of aromatic nitrogens is 3. The molecule has 0 spiro atoms. The molecule has 0 bridgehead atoms. The fraction of sp³-hybridized carbons (Fsp3) is 0.632. The molecule has 1 saturated heterocycles. The number of nitrogens with one attached hydrogen (secondary N) is 1. The minimum Gasteiger partial charge on any atom is -0.444 e. The van der Waals surface area contributed by atoms with Crippen molar-refractivity contribution in [3.8, 4) is 0 Å². The third-order valence-corrected chi connectivity index (χ3v) is 4.88. The van der Waals surface area contributed by atoms with Crippen LogP contribution in [0, 0.1) is 13.8 Å². The lowest BCUT2D eigenvalue weighted by Gasteiger charge is -2.43. The van der Waals surface area contributed by atoms with Crippen LogP contribution in [0.2, 0.25) is 0 Å². The second-order valence-electron chi connectivity index (χ2n) is 8.48. The van der Waals surface area contributed by atoms with Crippen LogP contribution in [0.4, 0.5) is 10.6 Å². The molecule has 1 aliphatic rings. The van der Waals surface area contributed by atoms with Crippen molar-refractivity contribution in [1.29, 1.82) is 0 Å². The number of aryl methyl sites for hydroxylation is 2. The van der Waals surface area contributed by atoms with Crippen LogP contribution < -0.4 is 15.7 Å². The van der Waals surface area contributed by atoms with Crippen LogP contribution >= 0.6 is 0 Å². The Bertz CT molecular complexity index is 869. The molecule has 8 nitrogen and oxygen atoms in total. The maximum Gasteiger partial charge on any atom is 0.411 e. The van der Waals surface area contributed by atoms with Gasteiger partial charge in [0.05, 0.1) is 17.9 Å². The van der Waals surface area contributed by atoms with E-state index in [1.165, 1.54) is 0 Å². The van der Waals surface area contributed by atoms with E-state index in [1.54, 1.807) is 4.90 Å². The molecular weight excluding hydrogens is 344 g/mol. The number of carbonyl (C=O) groups excluding carboxylic acids is 1. The molecule has 3 atom stereocenters. The SMILES string of the molecule is Cc1cn2c(n1)c(C)cc(N)[n+]2C1NC[C@@H](C)N(C(=O)OC(C)(C)C)[C@H]1C. The first-order chi connectivity index (χ1) is 12.5. The summed E-state index contributed by atoms with van der Waals surface area (Å²) in [5.74, 6) is 0.612. The van der Waals surface area contributed by atoms with Gasteiger partial charge in [0.2, 0.25) is 0 Å². The van der Waals surface area contributed by atoms with E-state index >= 15 is 0 Å². The minimum absolute atomic E-state index is 0.0124. The third kappa shape index (κ3) is 3.58. The summed E-state index contributed by atoms with van der Waals surface area (Å²) in [6, 6.07) is 1.77. The number of amides is 1. The predicted molar refractivity (Wildman–Crippen MR) is 103 cm³/mol. The number of piperazine rings is 1. The Kier molecular flexibility index (Phi) is 4.80. The molecule has 1 amide bonds. The van der Waals surface area contributed by atoms with Crippen molar-refractivity contribution in [3.05, 3.63) is 23.5 Å². The zero-order valence-electron chi connectivity index (χ0n) is 17.3. The molecule has 1 unspecified atom stereocenters. The average Bonchev–Trinajstić information content (AvgIpc) is 2.89. The van der Waals surface area contributed by atoms with Gasteiger partial charge in [0.1, 0.15) is 5.60 Å². The first-order valence-corrected chi connectivity index (χ1v) is 9.41. The first kappa shape index (κ1) is 19.4. The summed E-state index contributed by atoms with van der Waals surface area (Å²) in [6.07, 6.45) is 1.45. The first-order valence-electron chi connectivity index (χ1n) is 9.41. The number of rotatable bonds is 1. The molecule has 2 aromatic heterocycles. The van der Waals surface area contributed by atoms with Gasteiger partial charge in [-0.05, 0) is 48.5 Å². The van der Waals surface area contributed by atoms with E-state index in [4.69, 9.17) is 10.5 Å². The number of hydrogen-bond donors (Lipinski definition) is 2. The Morgan fingerprint density at radius 3 is 2.67 bits per heavy atom. The molecule has 0 radical (unpaired) electrons. The van der Waals surface area contributed by atoms with Gasteiger partial charge in [-0.2, -0.15) is 4.52 Å². The fourth-order valence-electron chi connectivity index (χ4n) is 3.76. The summed E-state index contributed by atoms with van der Waals surface area (Å²) in [6.45, 7) is 14.3. The van der Waals surface area contributed by atoms with E-state index < -0.39 is 5.60 Å². The van der Waals surface area contributed by atoms with E-state index in [2.05, 4.69) is 10.3 Å². The van der Waals surface area contributed by atoms with Crippen molar-refractivity contribution in [2.24, 2.45) is 0 Å². The van der Waals surface area contributed by atoms with Gasteiger partial charge in [0, 0.05) is 24.2 Å². The number of nitrogens with zero attached hydrogens (tertiary/aromatic N) is 4. The highest BCUT2D eigenvalue weighted by molar-refractivity contribution is 5.69. The Labute approximate surface area is 160 Å². The minimum atomic E-state index is -0.540. The van der Waals surface area contributed by atoms with Gasteiger partial charge in [0.15, 0.2) is 11.8 Å². The quantitative estimate of drug-likeness (QED) is 0.744. The highest BCUT2D eigenvalue weighted by Crippen LogP contribution is 2.23. The molecule has 2 aromatic rings. The molecule has 3 N–H and O–H groups in total. The predicted octanol–water partition coefficient (Wildman–Crippen LogP) is 1.94. The average molecular weight is 375 g/mol. The number of ether oxygens (including phenoxy) is 1. The molecule has 3 heterocycles.